The third-order valence-electron chi connectivity index (χ3n) is 4.34. The number of benzene rings is 2. The molecule has 0 spiro atoms. The minimum Gasteiger partial charge on any atom is -0.465 e. The molecule has 0 unspecified atom stereocenters. The Morgan fingerprint density at radius 2 is 1.85 bits per heavy atom. The molecule has 2 aromatic carbocycles. The van der Waals surface area contributed by atoms with Gasteiger partial charge in [0.25, 0.3) is 0 Å². The predicted octanol–water partition coefficient (Wildman–Crippen LogP) is 1.82. The van der Waals surface area contributed by atoms with Crippen LogP contribution in [0, 0.1) is 0 Å². The van der Waals surface area contributed by atoms with E-state index in [2.05, 4.69) is 14.9 Å². The van der Waals surface area contributed by atoms with Gasteiger partial charge in [0.05, 0.1) is 29.8 Å². The summed E-state index contributed by atoms with van der Waals surface area (Å²) in [6.45, 7) is 3.14. The average molecular weight is 389 g/mol. The standard InChI is InChI=1S/C19H23N3O4S/c1-26-19(23)16-7-8-18(22-11-9-20-10-12-22)17(13-16)21-27(24,25)14-15-5-3-2-4-6-15/h2-8,13,20-21H,9-12,14H2,1H3. The minimum atomic E-state index is -3.64. The van der Waals surface area contributed by atoms with Crippen LogP contribution in [0.5, 0.6) is 0 Å². The molecule has 8 heteroatoms. The Hall–Kier alpha value is -2.58. The monoisotopic (exact) mass is 389 g/mol. The fraction of sp³-hybridized carbons (Fsp3) is 0.316. The number of anilines is 2. The number of methoxy groups -OCH3 is 1. The quantitative estimate of drug-likeness (QED) is 0.733. The van der Waals surface area contributed by atoms with Gasteiger partial charge >= 0.3 is 5.97 Å². The summed E-state index contributed by atoms with van der Waals surface area (Å²) >= 11 is 0. The molecule has 1 saturated heterocycles. The second kappa shape index (κ2) is 8.41. The first-order valence-electron chi connectivity index (χ1n) is 8.71. The van der Waals surface area contributed by atoms with Crippen LogP contribution in [0.1, 0.15) is 15.9 Å². The molecule has 144 valence electrons. The molecule has 0 atom stereocenters. The van der Waals surface area contributed by atoms with Gasteiger partial charge in [-0.25, -0.2) is 13.2 Å². The molecule has 0 radical (unpaired) electrons. The molecule has 3 rings (SSSR count). The number of carbonyl (C=O) groups is 1. The molecular weight excluding hydrogens is 366 g/mol. The van der Waals surface area contributed by atoms with E-state index in [1.165, 1.54) is 13.2 Å². The SMILES string of the molecule is COC(=O)c1ccc(N2CCNCC2)c(NS(=O)(=O)Cc2ccccc2)c1. The van der Waals surface area contributed by atoms with E-state index in [0.29, 0.717) is 16.8 Å². The summed E-state index contributed by atoms with van der Waals surface area (Å²) in [4.78, 5) is 14.0. The van der Waals surface area contributed by atoms with Crippen molar-refractivity contribution in [2.75, 3.05) is 42.9 Å². The fourth-order valence-corrected chi connectivity index (χ4v) is 4.24. The zero-order chi connectivity index (χ0) is 19.3. The van der Waals surface area contributed by atoms with E-state index >= 15 is 0 Å². The van der Waals surface area contributed by atoms with E-state index in [0.717, 1.165) is 31.9 Å². The molecule has 0 bridgehead atoms. The Labute approximate surface area is 159 Å². The van der Waals surface area contributed by atoms with Gasteiger partial charge in [0.15, 0.2) is 0 Å². The van der Waals surface area contributed by atoms with Gasteiger partial charge in [0.1, 0.15) is 0 Å². The van der Waals surface area contributed by atoms with Gasteiger partial charge in [-0.15, -0.1) is 0 Å². The Morgan fingerprint density at radius 1 is 1.15 bits per heavy atom. The first-order valence-corrected chi connectivity index (χ1v) is 10.4. The Bertz CT molecular complexity index is 894. The maximum Gasteiger partial charge on any atom is 0.337 e. The zero-order valence-corrected chi connectivity index (χ0v) is 16.0. The van der Waals surface area contributed by atoms with Crippen LogP contribution in [0.3, 0.4) is 0 Å². The van der Waals surface area contributed by atoms with Gasteiger partial charge in [-0.05, 0) is 23.8 Å². The van der Waals surface area contributed by atoms with E-state index < -0.39 is 16.0 Å². The van der Waals surface area contributed by atoms with Crippen molar-refractivity contribution in [1.82, 2.24) is 5.32 Å². The average Bonchev–Trinajstić information content (AvgIpc) is 2.68. The lowest BCUT2D eigenvalue weighted by atomic mass is 10.1. The van der Waals surface area contributed by atoms with Crippen molar-refractivity contribution in [2.24, 2.45) is 0 Å². The van der Waals surface area contributed by atoms with Crippen molar-refractivity contribution in [2.45, 2.75) is 5.75 Å². The van der Waals surface area contributed by atoms with Gasteiger partial charge in [-0.1, -0.05) is 30.3 Å². The zero-order valence-electron chi connectivity index (χ0n) is 15.1. The molecule has 0 aromatic heterocycles. The molecule has 1 fully saturated rings. The van der Waals surface area contributed by atoms with Crippen molar-refractivity contribution in [3.05, 3.63) is 59.7 Å². The van der Waals surface area contributed by atoms with Crippen LogP contribution in [0.4, 0.5) is 11.4 Å². The number of piperazine rings is 1. The van der Waals surface area contributed by atoms with Gasteiger partial charge in [0.2, 0.25) is 10.0 Å². The number of hydrogen-bond donors (Lipinski definition) is 2. The van der Waals surface area contributed by atoms with Gasteiger partial charge in [-0.3, -0.25) is 4.72 Å². The highest BCUT2D eigenvalue weighted by Gasteiger charge is 2.20. The van der Waals surface area contributed by atoms with Crippen molar-refractivity contribution in [1.29, 1.82) is 0 Å². The summed E-state index contributed by atoms with van der Waals surface area (Å²) < 4.78 is 32.8. The summed E-state index contributed by atoms with van der Waals surface area (Å²) in [5, 5.41) is 3.27. The summed E-state index contributed by atoms with van der Waals surface area (Å²) in [6, 6.07) is 13.9. The summed E-state index contributed by atoms with van der Waals surface area (Å²) in [5.41, 5.74) is 2.13. The minimum absolute atomic E-state index is 0.142. The van der Waals surface area contributed by atoms with Crippen LogP contribution in [0.2, 0.25) is 0 Å². The van der Waals surface area contributed by atoms with Crippen LogP contribution in [0.15, 0.2) is 48.5 Å². The summed E-state index contributed by atoms with van der Waals surface area (Å²) in [5.74, 6) is -0.650. The fourth-order valence-electron chi connectivity index (χ4n) is 3.04. The van der Waals surface area contributed by atoms with Crippen molar-refractivity contribution >= 4 is 27.4 Å². The summed E-state index contributed by atoms with van der Waals surface area (Å²) in [7, 11) is -2.35. The lowest BCUT2D eigenvalue weighted by Crippen LogP contribution is -2.43. The smallest absolute Gasteiger partial charge is 0.337 e. The van der Waals surface area contributed by atoms with Crippen molar-refractivity contribution < 1.29 is 17.9 Å². The topological polar surface area (TPSA) is 87.7 Å². The van der Waals surface area contributed by atoms with Gasteiger partial charge < -0.3 is 15.0 Å². The normalized spacial score (nSPS) is 14.6. The van der Waals surface area contributed by atoms with Crippen LogP contribution < -0.4 is 14.9 Å². The molecule has 27 heavy (non-hydrogen) atoms. The number of hydrogen-bond acceptors (Lipinski definition) is 6. The second-order valence-electron chi connectivity index (χ2n) is 6.31. The maximum atomic E-state index is 12.7. The highest BCUT2D eigenvalue weighted by atomic mass is 32.2. The molecule has 0 saturated carbocycles. The Balaban J connectivity index is 1.91. The molecule has 7 nitrogen and oxygen atoms in total. The van der Waals surface area contributed by atoms with E-state index in [1.807, 2.05) is 6.07 Å². The first kappa shape index (κ1) is 19.2. The largest absolute Gasteiger partial charge is 0.465 e. The summed E-state index contributed by atoms with van der Waals surface area (Å²) in [6.07, 6.45) is 0. The number of nitrogens with one attached hydrogen (secondary N) is 2. The van der Waals surface area contributed by atoms with Crippen molar-refractivity contribution in [3.8, 4) is 0 Å². The van der Waals surface area contributed by atoms with Crippen LogP contribution in [-0.2, 0) is 20.5 Å². The van der Waals surface area contributed by atoms with E-state index in [1.54, 1.807) is 36.4 Å². The second-order valence-corrected chi connectivity index (χ2v) is 8.03. The molecular formula is C19H23N3O4S. The Kier molecular flexibility index (Phi) is 5.98. The number of nitrogens with zero attached hydrogens (tertiary/aromatic N) is 1. The molecule has 1 heterocycles. The lowest BCUT2D eigenvalue weighted by Gasteiger charge is -2.31. The molecule has 2 N–H and O–H groups in total. The first-order chi connectivity index (χ1) is 13.0. The van der Waals surface area contributed by atoms with Gasteiger partial charge in [0, 0.05) is 26.2 Å². The molecule has 1 aliphatic rings. The van der Waals surface area contributed by atoms with E-state index in [-0.39, 0.29) is 5.75 Å². The third kappa shape index (κ3) is 4.99. The number of esters is 1. The third-order valence-corrected chi connectivity index (χ3v) is 5.58. The molecule has 2 aromatic rings. The Morgan fingerprint density at radius 3 is 2.52 bits per heavy atom. The van der Waals surface area contributed by atoms with E-state index in [9.17, 15) is 13.2 Å². The van der Waals surface area contributed by atoms with Crippen LogP contribution in [0.25, 0.3) is 0 Å². The maximum absolute atomic E-state index is 12.7. The molecule has 1 aliphatic heterocycles. The van der Waals surface area contributed by atoms with E-state index in [4.69, 9.17) is 4.74 Å². The highest BCUT2D eigenvalue weighted by Crippen LogP contribution is 2.29. The number of sulfonamides is 1. The van der Waals surface area contributed by atoms with Crippen molar-refractivity contribution in [3.63, 3.8) is 0 Å². The number of ether oxygens (including phenoxy) is 1. The lowest BCUT2D eigenvalue weighted by molar-refractivity contribution is 0.0601. The highest BCUT2D eigenvalue weighted by molar-refractivity contribution is 7.91. The van der Waals surface area contributed by atoms with Gasteiger partial charge in [-0.2, -0.15) is 0 Å². The number of rotatable bonds is 6. The predicted molar refractivity (Wildman–Crippen MR) is 106 cm³/mol. The molecule has 0 aliphatic carbocycles. The molecule has 0 amide bonds. The van der Waals surface area contributed by atoms with Crippen LogP contribution >= 0.6 is 0 Å². The number of carbonyl (C=O) groups excluding carboxylic acids is 1. The van der Waals surface area contributed by atoms with Crippen LogP contribution in [-0.4, -0.2) is 47.7 Å².